The first-order valence-electron chi connectivity index (χ1n) is 6.70. The van der Waals surface area contributed by atoms with Crippen molar-refractivity contribution in [3.8, 4) is 0 Å². The van der Waals surface area contributed by atoms with Gasteiger partial charge >= 0.3 is 0 Å². The van der Waals surface area contributed by atoms with Crippen LogP contribution in [0.1, 0.15) is 31.1 Å². The molecule has 1 heterocycles. The highest BCUT2D eigenvalue weighted by atomic mass is 19.1. The van der Waals surface area contributed by atoms with E-state index >= 15 is 0 Å². The summed E-state index contributed by atoms with van der Waals surface area (Å²) in [4.78, 5) is 8.70. The molecule has 2 aromatic rings. The van der Waals surface area contributed by atoms with E-state index in [-0.39, 0.29) is 11.9 Å². The normalized spacial score (nSPS) is 12.0. The first-order valence-corrected chi connectivity index (χ1v) is 6.70. The molecule has 0 bridgehead atoms. The van der Waals surface area contributed by atoms with Crippen molar-refractivity contribution >= 4 is 11.8 Å². The molecule has 0 aliphatic heterocycles. The maximum Gasteiger partial charge on any atom is 0.224 e. The van der Waals surface area contributed by atoms with Gasteiger partial charge in [-0.2, -0.15) is 4.98 Å². The molecule has 2 N–H and O–H groups in total. The number of anilines is 2. The molecule has 106 valence electrons. The summed E-state index contributed by atoms with van der Waals surface area (Å²) in [6.07, 6.45) is 0. The third-order valence-electron chi connectivity index (χ3n) is 2.92. The summed E-state index contributed by atoms with van der Waals surface area (Å²) in [6.45, 7) is 6.71. The van der Waals surface area contributed by atoms with E-state index in [1.54, 1.807) is 12.1 Å². The van der Waals surface area contributed by atoms with Gasteiger partial charge in [0.15, 0.2) is 0 Å². The first-order chi connectivity index (χ1) is 9.58. The smallest absolute Gasteiger partial charge is 0.224 e. The third-order valence-corrected chi connectivity index (χ3v) is 2.92. The number of halogens is 1. The topological polar surface area (TPSA) is 49.8 Å². The maximum absolute atomic E-state index is 12.9. The van der Waals surface area contributed by atoms with Crippen LogP contribution in [0, 0.1) is 12.7 Å². The second-order valence-electron chi connectivity index (χ2n) is 4.67. The lowest BCUT2D eigenvalue weighted by atomic mass is 10.1. The summed E-state index contributed by atoms with van der Waals surface area (Å²) in [5.41, 5.74) is 1.90. The van der Waals surface area contributed by atoms with E-state index in [4.69, 9.17) is 0 Å². The molecule has 4 nitrogen and oxygen atoms in total. The molecule has 0 saturated carbocycles. The average molecular weight is 274 g/mol. The van der Waals surface area contributed by atoms with Gasteiger partial charge in [-0.25, -0.2) is 9.37 Å². The molecular formula is C15H19FN4. The SMILES string of the molecule is CCNc1nc(C)cc(NC(C)c2ccc(F)cc2)n1. The Morgan fingerprint density at radius 3 is 2.55 bits per heavy atom. The summed E-state index contributed by atoms with van der Waals surface area (Å²) >= 11 is 0. The van der Waals surface area contributed by atoms with Gasteiger partial charge < -0.3 is 10.6 Å². The fourth-order valence-corrected chi connectivity index (χ4v) is 1.94. The second kappa shape index (κ2) is 6.32. The van der Waals surface area contributed by atoms with Gasteiger partial charge in [0.1, 0.15) is 11.6 Å². The molecular weight excluding hydrogens is 255 g/mol. The predicted molar refractivity (Wildman–Crippen MR) is 79.4 cm³/mol. The summed E-state index contributed by atoms with van der Waals surface area (Å²) in [6, 6.07) is 8.39. The number of benzene rings is 1. The van der Waals surface area contributed by atoms with E-state index in [0.29, 0.717) is 5.95 Å². The van der Waals surface area contributed by atoms with Gasteiger partial charge in [-0.05, 0) is 38.5 Å². The Morgan fingerprint density at radius 2 is 1.90 bits per heavy atom. The van der Waals surface area contributed by atoms with Crippen LogP contribution < -0.4 is 10.6 Å². The van der Waals surface area contributed by atoms with Crippen LogP contribution in [-0.4, -0.2) is 16.5 Å². The lowest BCUT2D eigenvalue weighted by Gasteiger charge is -2.16. The molecule has 1 aromatic heterocycles. The molecule has 2 rings (SSSR count). The minimum atomic E-state index is -0.228. The number of hydrogen-bond acceptors (Lipinski definition) is 4. The van der Waals surface area contributed by atoms with Crippen molar-refractivity contribution in [3.05, 3.63) is 47.4 Å². The zero-order chi connectivity index (χ0) is 14.5. The van der Waals surface area contributed by atoms with Gasteiger partial charge in [-0.1, -0.05) is 12.1 Å². The Bertz CT molecular complexity index is 569. The Hall–Kier alpha value is -2.17. The molecule has 1 atom stereocenters. The minimum Gasteiger partial charge on any atom is -0.363 e. The number of rotatable bonds is 5. The number of aromatic nitrogens is 2. The lowest BCUT2D eigenvalue weighted by Crippen LogP contribution is -2.11. The van der Waals surface area contributed by atoms with E-state index in [9.17, 15) is 4.39 Å². The molecule has 20 heavy (non-hydrogen) atoms. The lowest BCUT2D eigenvalue weighted by molar-refractivity contribution is 0.626. The van der Waals surface area contributed by atoms with Gasteiger partial charge in [-0.3, -0.25) is 0 Å². The summed E-state index contributed by atoms with van der Waals surface area (Å²) < 4.78 is 12.9. The Kier molecular flexibility index (Phi) is 4.50. The Balaban J connectivity index is 2.14. The summed E-state index contributed by atoms with van der Waals surface area (Å²) in [7, 11) is 0. The van der Waals surface area contributed by atoms with Gasteiger partial charge in [0.25, 0.3) is 0 Å². The van der Waals surface area contributed by atoms with E-state index in [0.717, 1.165) is 23.6 Å². The molecule has 1 aromatic carbocycles. The first kappa shape index (κ1) is 14.2. The van der Waals surface area contributed by atoms with Crippen LogP contribution in [0.25, 0.3) is 0 Å². The monoisotopic (exact) mass is 274 g/mol. The van der Waals surface area contributed by atoms with Crippen molar-refractivity contribution in [2.75, 3.05) is 17.2 Å². The van der Waals surface area contributed by atoms with Crippen molar-refractivity contribution in [2.24, 2.45) is 0 Å². The summed E-state index contributed by atoms with van der Waals surface area (Å²) in [5.74, 6) is 1.14. The van der Waals surface area contributed by atoms with E-state index in [1.807, 2.05) is 26.8 Å². The Labute approximate surface area is 118 Å². The van der Waals surface area contributed by atoms with Crippen LogP contribution in [0.5, 0.6) is 0 Å². The number of nitrogens with one attached hydrogen (secondary N) is 2. The molecule has 0 radical (unpaired) electrons. The van der Waals surface area contributed by atoms with E-state index in [2.05, 4.69) is 20.6 Å². The zero-order valence-corrected chi connectivity index (χ0v) is 11.9. The van der Waals surface area contributed by atoms with Gasteiger partial charge in [0.2, 0.25) is 5.95 Å². The quantitative estimate of drug-likeness (QED) is 0.875. The molecule has 0 aliphatic rings. The van der Waals surface area contributed by atoms with E-state index < -0.39 is 0 Å². The predicted octanol–water partition coefficient (Wildman–Crippen LogP) is 3.53. The second-order valence-corrected chi connectivity index (χ2v) is 4.67. The average Bonchev–Trinajstić information content (AvgIpc) is 2.39. The van der Waals surface area contributed by atoms with Gasteiger partial charge in [0, 0.05) is 24.3 Å². The molecule has 5 heteroatoms. The summed E-state index contributed by atoms with van der Waals surface area (Å²) in [5, 5.41) is 6.40. The highest BCUT2D eigenvalue weighted by molar-refractivity contribution is 5.44. The van der Waals surface area contributed by atoms with Crippen molar-refractivity contribution in [2.45, 2.75) is 26.8 Å². The molecule has 0 amide bonds. The number of aryl methyl sites for hydroxylation is 1. The number of nitrogens with zero attached hydrogens (tertiary/aromatic N) is 2. The minimum absolute atomic E-state index is 0.0411. The van der Waals surface area contributed by atoms with Crippen molar-refractivity contribution < 1.29 is 4.39 Å². The fraction of sp³-hybridized carbons (Fsp3) is 0.333. The molecule has 0 spiro atoms. The van der Waals surface area contributed by atoms with E-state index in [1.165, 1.54) is 12.1 Å². The fourth-order valence-electron chi connectivity index (χ4n) is 1.94. The van der Waals surface area contributed by atoms with Gasteiger partial charge in [-0.15, -0.1) is 0 Å². The maximum atomic E-state index is 12.9. The van der Waals surface area contributed by atoms with Crippen molar-refractivity contribution in [1.29, 1.82) is 0 Å². The molecule has 1 unspecified atom stereocenters. The third kappa shape index (κ3) is 3.66. The van der Waals surface area contributed by atoms with Crippen LogP contribution in [0.3, 0.4) is 0 Å². The highest BCUT2D eigenvalue weighted by Crippen LogP contribution is 2.19. The highest BCUT2D eigenvalue weighted by Gasteiger charge is 2.08. The van der Waals surface area contributed by atoms with Gasteiger partial charge in [0.05, 0.1) is 0 Å². The van der Waals surface area contributed by atoms with Crippen LogP contribution in [-0.2, 0) is 0 Å². The van der Waals surface area contributed by atoms with Crippen LogP contribution in [0.15, 0.2) is 30.3 Å². The van der Waals surface area contributed by atoms with Crippen LogP contribution in [0.4, 0.5) is 16.2 Å². The van der Waals surface area contributed by atoms with Crippen molar-refractivity contribution in [3.63, 3.8) is 0 Å². The molecule has 0 aliphatic carbocycles. The largest absolute Gasteiger partial charge is 0.363 e. The molecule has 0 saturated heterocycles. The van der Waals surface area contributed by atoms with Crippen molar-refractivity contribution in [1.82, 2.24) is 9.97 Å². The Morgan fingerprint density at radius 1 is 1.20 bits per heavy atom. The van der Waals surface area contributed by atoms with Crippen LogP contribution in [0.2, 0.25) is 0 Å². The number of hydrogen-bond donors (Lipinski definition) is 2. The van der Waals surface area contributed by atoms with Crippen LogP contribution >= 0.6 is 0 Å². The standard InChI is InChI=1S/C15H19FN4/c1-4-17-15-18-10(2)9-14(20-15)19-11(3)12-5-7-13(16)8-6-12/h5-9,11H,4H2,1-3H3,(H2,17,18,19,20). The molecule has 0 fully saturated rings. The zero-order valence-electron chi connectivity index (χ0n) is 11.9.